The molecule has 0 unspecified atom stereocenters. The first-order chi connectivity index (χ1) is 5.21. The van der Waals surface area contributed by atoms with Crippen molar-refractivity contribution in [2.75, 3.05) is 5.75 Å². The van der Waals surface area contributed by atoms with Crippen molar-refractivity contribution < 1.29 is 9.76 Å². The first kappa shape index (κ1) is 12.7. The van der Waals surface area contributed by atoms with E-state index in [1.165, 1.54) is 0 Å². The van der Waals surface area contributed by atoms with Crippen LogP contribution in [0.3, 0.4) is 0 Å². The molecule has 0 heterocycles. The van der Waals surface area contributed by atoms with Crippen LogP contribution < -0.4 is 0 Å². The molecule has 0 aliphatic rings. The van der Waals surface area contributed by atoms with E-state index >= 15 is 0 Å². The molecule has 0 spiro atoms. The van der Waals surface area contributed by atoms with E-state index < -0.39 is 5.60 Å². The molecule has 0 amide bonds. The average Bonchev–Trinajstić information content (AvgIpc) is 1.76. The summed E-state index contributed by atoms with van der Waals surface area (Å²) in [6.07, 6.45) is 0. The van der Waals surface area contributed by atoms with Crippen molar-refractivity contribution in [2.24, 2.45) is 0 Å². The summed E-state index contributed by atoms with van der Waals surface area (Å²) < 4.78 is 5.34. The maximum atomic E-state index is 9.35. The fourth-order valence-corrected chi connectivity index (χ4v) is 1.59. The predicted molar refractivity (Wildman–Crippen MR) is 60.1 cm³/mol. The van der Waals surface area contributed by atoms with E-state index in [2.05, 4.69) is 12.6 Å². The molecular weight excluding hydrogens is 191 g/mol. The number of rotatable bonds is 5. The minimum atomic E-state index is -0.616. The molecule has 0 aliphatic heterocycles. The Balaban J connectivity index is 3.35. The van der Waals surface area contributed by atoms with Gasteiger partial charge in [0.05, 0.1) is 10.5 Å². The molecule has 0 fully saturated rings. The molecular formula is C7H17BO2S2. The molecule has 0 atom stereocenters. The second kappa shape index (κ2) is 4.79. The molecule has 0 aromatic rings. The molecule has 1 N–H and O–H groups in total. The van der Waals surface area contributed by atoms with Crippen LogP contribution in [0.15, 0.2) is 0 Å². The largest absolute Gasteiger partial charge is 0.415 e. The summed E-state index contributed by atoms with van der Waals surface area (Å²) >= 11 is 5.77. The Kier molecular flexibility index (Phi) is 5.07. The van der Waals surface area contributed by atoms with E-state index in [4.69, 9.17) is 4.65 Å². The summed E-state index contributed by atoms with van der Waals surface area (Å²) in [5.74, 6) is 0.677. The number of hydrogen-bond acceptors (Lipinski definition) is 4. The van der Waals surface area contributed by atoms with Gasteiger partial charge < -0.3 is 9.76 Å². The SMILES string of the molecule is CC(C)(O)CSBOC(C)(C)S. The summed E-state index contributed by atoms with van der Waals surface area (Å²) in [6, 6.07) is 0. The Morgan fingerprint density at radius 1 is 1.42 bits per heavy atom. The van der Waals surface area contributed by atoms with Gasteiger partial charge in [-0.1, -0.05) is 0 Å². The Morgan fingerprint density at radius 3 is 2.25 bits per heavy atom. The average molecular weight is 208 g/mol. The fourth-order valence-electron chi connectivity index (χ4n) is 0.477. The lowest BCUT2D eigenvalue weighted by Gasteiger charge is -2.20. The van der Waals surface area contributed by atoms with Crippen molar-refractivity contribution in [1.82, 2.24) is 0 Å². The molecule has 0 aromatic carbocycles. The van der Waals surface area contributed by atoms with Crippen LogP contribution in [0.5, 0.6) is 0 Å². The molecule has 0 saturated carbocycles. The van der Waals surface area contributed by atoms with Crippen molar-refractivity contribution in [3.8, 4) is 0 Å². The van der Waals surface area contributed by atoms with Gasteiger partial charge in [0, 0.05) is 5.75 Å². The molecule has 72 valence electrons. The summed E-state index contributed by atoms with van der Waals surface area (Å²) in [5, 5.41) is 9.35. The van der Waals surface area contributed by atoms with E-state index in [0.717, 1.165) is 0 Å². The van der Waals surface area contributed by atoms with Crippen LogP contribution in [0.1, 0.15) is 27.7 Å². The number of thiol groups is 1. The van der Waals surface area contributed by atoms with Crippen LogP contribution >= 0.6 is 24.2 Å². The first-order valence-electron chi connectivity index (χ1n) is 3.87. The normalized spacial score (nSPS) is 13.2. The van der Waals surface area contributed by atoms with E-state index in [1.807, 2.05) is 13.8 Å². The molecule has 0 bridgehead atoms. The van der Waals surface area contributed by atoms with Crippen molar-refractivity contribution in [2.45, 2.75) is 38.2 Å². The van der Waals surface area contributed by atoms with E-state index in [0.29, 0.717) is 12.5 Å². The van der Waals surface area contributed by atoms with Crippen molar-refractivity contribution in [3.63, 3.8) is 0 Å². The third-order valence-electron chi connectivity index (χ3n) is 0.951. The van der Waals surface area contributed by atoms with Gasteiger partial charge in [-0.15, -0.1) is 12.6 Å². The lowest BCUT2D eigenvalue weighted by atomic mass is 10.2. The summed E-state index contributed by atoms with van der Waals surface area (Å²) in [5.41, 5.74) is -0.616. The van der Waals surface area contributed by atoms with Crippen molar-refractivity contribution in [1.29, 1.82) is 0 Å². The smallest absolute Gasteiger partial charge is 0.344 e. The van der Waals surface area contributed by atoms with E-state index in [9.17, 15) is 5.11 Å². The third kappa shape index (κ3) is 10.7. The second-order valence-corrected chi connectivity index (χ2v) is 5.88. The highest BCUT2D eigenvalue weighted by atomic mass is 32.2. The summed E-state index contributed by atoms with van der Waals surface area (Å²) in [7, 11) is 0. The van der Waals surface area contributed by atoms with Crippen LogP contribution in [-0.2, 0) is 4.65 Å². The van der Waals surface area contributed by atoms with Crippen molar-refractivity contribution >= 4 is 31.0 Å². The van der Waals surface area contributed by atoms with Crippen LogP contribution in [0.2, 0.25) is 0 Å². The first-order valence-corrected chi connectivity index (χ1v) is 5.47. The van der Waals surface area contributed by atoms with E-state index in [1.54, 1.807) is 25.5 Å². The van der Waals surface area contributed by atoms with Crippen LogP contribution in [0.4, 0.5) is 0 Å². The zero-order chi connectivity index (χ0) is 9.83. The lowest BCUT2D eigenvalue weighted by molar-refractivity contribution is 0.107. The standard InChI is InChI=1S/C7H17BO2S2/c1-6(2,9)5-12-8-10-7(3,4)11/h8-9,11H,5H2,1-4H3. The quantitative estimate of drug-likeness (QED) is 0.310. The molecule has 0 radical (unpaired) electrons. The van der Waals surface area contributed by atoms with Gasteiger partial charge in [0.15, 0.2) is 0 Å². The van der Waals surface area contributed by atoms with Crippen molar-refractivity contribution in [3.05, 3.63) is 0 Å². The van der Waals surface area contributed by atoms with Gasteiger partial charge in [-0.2, -0.15) is 11.6 Å². The van der Waals surface area contributed by atoms with Gasteiger partial charge in [0.25, 0.3) is 0 Å². The molecule has 5 heteroatoms. The highest BCUT2D eigenvalue weighted by molar-refractivity contribution is 8.21. The number of aliphatic hydroxyl groups is 1. The maximum absolute atomic E-state index is 9.35. The zero-order valence-corrected chi connectivity index (χ0v) is 9.84. The van der Waals surface area contributed by atoms with Gasteiger partial charge >= 0.3 is 6.76 Å². The van der Waals surface area contributed by atoms with Gasteiger partial charge in [-0.25, -0.2) is 0 Å². The summed E-state index contributed by atoms with van der Waals surface area (Å²) in [6.45, 7) is 7.92. The maximum Gasteiger partial charge on any atom is 0.344 e. The minimum absolute atomic E-state index is 0.382. The third-order valence-corrected chi connectivity index (χ3v) is 2.27. The highest BCUT2D eigenvalue weighted by Gasteiger charge is 2.15. The van der Waals surface area contributed by atoms with Crippen LogP contribution in [0.25, 0.3) is 0 Å². The molecule has 2 nitrogen and oxygen atoms in total. The molecule has 0 aromatic heterocycles. The minimum Gasteiger partial charge on any atom is -0.415 e. The van der Waals surface area contributed by atoms with Gasteiger partial charge in [-0.3, -0.25) is 0 Å². The zero-order valence-electron chi connectivity index (χ0n) is 8.13. The van der Waals surface area contributed by atoms with Crippen LogP contribution in [-0.4, -0.2) is 28.2 Å². The summed E-state index contributed by atoms with van der Waals surface area (Å²) in [4.78, 5) is -0.382. The van der Waals surface area contributed by atoms with E-state index in [-0.39, 0.29) is 4.93 Å². The fraction of sp³-hybridized carbons (Fsp3) is 1.00. The van der Waals surface area contributed by atoms with Gasteiger partial charge in [-0.05, 0) is 27.7 Å². The molecule has 0 rings (SSSR count). The molecule has 12 heavy (non-hydrogen) atoms. The Bertz CT molecular complexity index is 112. The topological polar surface area (TPSA) is 29.5 Å². The molecule has 0 saturated heterocycles. The predicted octanol–water partition coefficient (Wildman–Crippen LogP) is 1.44. The Labute approximate surface area is 85.0 Å². The monoisotopic (exact) mass is 208 g/mol. The Morgan fingerprint density at radius 2 is 1.92 bits per heavy atom. The lowest BCUT2D eigenvalue weighted by Crippen LogP contribution is -2.24. The molecule has 0 aliphatic carbocycles. The van der Waals surface area contributed by atoms with Crippen LogP contribution in [0, 0.1) is 0 Å². The van der Waals surface area contributed by atoms with Gasteiger partial charge in [0.2, 0.25) is 0 Å². The Hall–Kier alpha value is 0.685. The van der Waals surface area contributed by atoms with Gasteiger partial charge in [0.1, 0.15) is 0 Å². The highest BCUT2D eigenvalue weighted by Crippen LogP contribution is 2.17. The number of hydrogen-bond donors (Lipinski definition) is 2. The second-order valence-electron chi connectivity index (χ2n) is 3.87.